The van der Waals surface area contributed by atoms with E-state index in [1.807, 2.05) is 36.4 Å². The van der Waals surface area contributed by atoms with Gasteiger partial charge < -0.3 is 9.64 Å². The predicted octanol–water partition coefficient (Wildman–Crippen LogP) is 2.08. The van der Waals surface area contributed by atoms with Crippen LogP contribution in [0.2, 0.25) is 0 Å². The Morgan fingerprint density at radius 1 is 1.11 bits per heavy atom. The predicted molar refractivity (Wildman–Crippen MR) is 72.9 cm³/mol. The van der Waals surface area contributed by atoms with Crippen LogP contribution in [0, 0.1) is 0 Å². The molecule has 0 atom stereocenters. The van der Waals surface area contributed by atoms with Crippen LogP contribution in [-0.2, 0) is 9.53 Å². The number of amides is 1. The summed E-state index contributed by atoms with van der Waals surface area (Å²) in [6.45, 7) is -0.0570. The smallest absolute Gasteiger partial charge is 0.325 e. The zero-order valence-electron chi connectivity index (χ0n) is 10.9. The molecule has 0 saturated carbocycles. The first-order chi connectivity index (χ1) is 9.13. The first-order valence-electron chi connectivity index (χ1n) is 5.93. The number of carbonyl (C=O) groups excluding carboxylic acids is 2. The average Bonchev–Trinajstić information content (AvgIpc) is 2.45. The minimum absolute atomic E-state index is 0.0570. The molecule has 4 nitrogen and oxygen atoms in total. The maximum absolute atomic E-state index is 12.3. The second-order valence-electron chi connectivity index (χ2n) is 4.26. The number of ether oxygens (including phenoxy) is 1. The van der Waals surface area contributed by atoms with Gasteiger partial charge in [-0.25, -0.2) is 0 Å². The van der Waals surface area contributed by atoms with Crippen molar-refractivity contribution in [3.63, 3.8) is 0 Å². The minimum Gasteiger partial charge on any atom is -0.468 e. The summed E-state index contributed by atoms with van der Waals surface area (Å²) in [6.07, 6.45) is 0. The van der Waals surface area contributed by atoms with Crippen LogP contribution in [0.15, 0.2) is 42.5 Å². The highest BCUT2D eigenvalue weighted by Crippen LogP contribution is 2.19. The molecule has 98 valence electrons. The standard InChI is InChI=1S/C15H15NO3/c1-16(10-14(17)19-2)15(18)13-9-5-7-11-6-3-4-8-12(11)13/h3-9H,10H2,1-2H3. The Labute approximate surface area is 111 Å². The molecule has 1 amide bonds. The van der Waals surface area contributed by atoms with Crippen LogP contribution in [0.4, 0.5) is 0 Å². The van der Waals surface area contributed by atoms with Gasteiger partial charge in [-0.15, -0.1) is 0 Å². The van der Waals surface area contributed by atoms with Crippen molar-refractivity contribution in [1.82, 2.24) is 4.90 Å². The van der Waals surface area contributed by atoms with Gasteiger partial charge in [-0.05, 0) is 16.8 Å². The van der Waals surface area contributed by atoms with Crippen molar-refractivity contribution in [3.8, 4) is 0 Å². The third kappa shape index (κ3) is 2.73. The van der Waals surface area contributed by atoms with Gasteiger partial charge in [-0.1, -0.05) is 36.4 Å². The van der Waals surface area contributed by atoms with Gasteiger partial charge >= 0.3 is 5.97 Å². The summed E-state index contributed by atoms with van der Waals surface area (Å²) in [5, 5.41) is 1.88. The highest BCUT2D eigenvalue weighted by Gasteiger charge is 2.16. The fourth-order valence-electron chi connectivity index (χ4n) is 1.95. The number of rotatable bonds is 3. The molecule has 0 bridgehead atoms. The highest BCUT2D eigenvalue weighted by molar-refractivity contribution is 6.07. The summed E-state index contributed by atoms with van der Waals surface area (Å²) in [5.41, 5.74) is 0.588. The van der Waals surface area contributed by atoms with Gasteiger partial charge in [0.05, 0.1) is 7.11 Å². The molecule has 0 aliphatic rings. The lowest BCUT2D eigenvalue weighted by molar-refractivity contribution is -0.141. The van der Waals surface area contributed by atoms with Crippen molar-refractivity contribution in [3.05, 3.63) is 48.0 Å². The Bertz CT molecular complexity index is 616. The van der Waals surface area contributed by atoms with Gasteiger partial charge in [0.2, 0.25) is 0 Å². The van der Waals surface area contributed by atoms with Gasteiger partial charge in [-0.2, -0.15) is 0 Å². The maximum Gasteiger partial charge on any atom is 0.325 e. The Morgan fingerprint density at radius 2 is 1.79 bits per heavy atom. The van der Waals surface area contributed by atoms with Crippen molar-refractivity contribution >= 4 is 22.6 Å². The number of esters is 1. The molecule has 0 radical (unpaired) electrons. The number of hydrogen-bond acceptors (Lipinski definition) is 3. The summed E-state index contributed by atoms with van der Waals surface area (Å²) in [6, 6.07) is 13.2. The van der Waals surface area contributed by atoms with Crippen LogP contribution in [0.25, 0.3) is 10.8 Å². The van der Waals surface area contributed by atoms with E-state index in [1.165, 1.54) is 12.0 Å². The Balaban J connectivity index is 2.34. The number of benzene rings is 2. The van der Waals surface area contributed by atoms with Crippen molar-refractivity contribution in [2.75, 3.05) is 20.7 Å². The molecule has 0 saturated heterocycles. The third-order valence-corrected chi connectivity index (χ3v) is 2.96. The van der Waals surface area contributed by atoms with Crippen molar-refractivity contribution in [2.24, 2.45) is 0 Å². The molecule has 0 aliphatic heterocycles. The van der Waals surface area contributed by atoms with Gasteiger partial charge in [0.15, 0.2) is 0 Å². The van der Waals surface area contributed by atoms with E-state index in [4.69, 9.17) is 0 Å². The summed E-state index contributed by atoms with van der Waals surface area (Å²) >= 11 is 0. The average molecular weight is 257 g/mol. The van der Waals surface area contributed by atoms with Gasteiger partial charge in [0, 0.05) is 12.6 Å². The van der Waals surface area contributed by atoms with Gasteiger partial charge in [0.1, 0.15) is 6.54 Å². The van der Waals surface area contributed by atoms with Crippen LogP contribution in [0.5, 0.6) is 0 Å². The second-order valence-corrected chi connectivity index (χ2v) is 4.26. The summed E-state index contributed by atoms with van der Waals surface area (Å²) in [4.78, 5) is 24.9. The van der Waals surface area contributed by atoms with Crippen molar-refractivity contribution < 1.29 is 14.3 Å². The zero-order valence-corrected chi connectivity index (χ0v) is 10.9. The summed E-state index contributed by atoms with van der Waals surface area (Å²) in [5.74, 6) is -0.627. The number of methoxy groups -OCH3 is 1. The van der Waals surface area contributed by atoms with E-state index in [-0.39, 0.29) is 12.5 Å². The molecule has 0 aliphatic carbocycles. The van der Waals surface area contributed by atoms with Crippen LogP contribution in [0.3, 0.4) is 0 Å². The molecule has 2 rings (SSSR count). The molecule has 0 unspecified atom stereocenters. The van der Waals surface area contributed by atoms with Crippen LogP contribution in [0.1, 0.15) is 10.4 Å². The molecule has 2 aromatic carbocycles. The quantitative estimate of drug-likeness (QED) is 0.791. The highest BCUT2D eigenvalue weighted by atomic mass is 16.5. The van der Waals surface area contributed by atoms with E-state index in [2.05, 4.69) is 4.74 Å². The maximum atomic E-state index is 12.3. The lowest BCUT2D eigenvalue weighted by Crippen LogP contribution is -2.32. The molecule has 19 heavy (non-hydrogen) atoms. The Hall–Kier alpha value is -2.36. The first-order valence-corrected chi connectivity index (χ1v) is 5.93. The molecule has 0 N–H and O–H groups in total. The topological polar surface area (TPSA) is 46.6 Å². The van der Waals surface area contributed by atoms with E-state index in [9.17, 15) is 9.59 Å². The van der Waals surface area contributed by atoms with Crippen LogP contribution < -0.4 is 0 Å². The number of nitrogens with zero attached hydrogens (tertiary/aromatic N) is 1. The van der Waals surface area contributed by atoms with E-state index in [0.29, 0.717) is 5.56 Å². The first kappa shape index (κ1) is 13.1. The van der Waals surface area contributed by atoms with Gasteiger partial charge in [-0.3, -0.25) is 9.59 Å². The van der Waals surface area contributed by atoms with Gasteiger partial charge in [0.25, 0.3) is 5.91 Å². The monoisotopic (exact) mass is 257 g/mol. The fraction of sp³-hybridized carbons (Fsp3) is 0.200. The number of hydrogen-bond donors (Lipinski definition) is 0. The molecule has 0 aromatic heterocycles. The molecule has 0 fully saturated rings. The lowest BCUT2D eigenvalue weighted by atomic mass is 10.0. The molecular weight excluding hydrogens is 242 g/mol. The van der Waals surface area contributed by atoms with E-state index in [1.54, 1.807) is 13.1 Å². The molecule has 2 aromatic rings. The number of likely N-dealkylation sites (N-methyl/N-ethyl adjacent to an activating group) is 1. The van der Waals surface area contributed by atoms with Crippen molar-refractivity contribution in [1.29, 1.82) is 0 Å². The fourth-order valence-corrected chi connectivity index (χ4v) is 1.95. The zero-order chi connectivity index (χ0) is 13.8. The second kappa shape index (κ2) is 5.52. The van der Waals surface area contributed by atoms with E-state index >= 15 is 0 Å². The van der Waals surface area contributed by atoms with Crippen LogP contribution >= 0.6 is 0 Å². The number of carbonyl (C=O) groups is 2. The van der Waals surface area contributed by atoms with E-state index in [0.717, 1.165) is 10.8 Å². The SMILES string of the molecule is COC(=O)CN(C)C(=O)c1cccc2ccccc12. The van der Waals surface area contributed by atoms with Crippen LogP contribution in [-0.4, -0.2) is 37.5 Å². The lowest BCUT2D eigenvalue weighted by Gasteiger charge is -2.16. The molecule has 0 spiro atoms. The third-order valence-electron chi connectivity index (χ3n) is 2.96. The normalized spacial score (nSPS) is 10.2. The molecule has 4 heteroatoms. The Kier molecular flexibility index (Phi) is 3.80. The largest absolute Gasteiger partial charge is 0.468 e. The van der Waals surface area contributed by atoms with Crippen molar-refractivity contribution in [2.45, 2.75) is 0 Å². The summed E-state index contributed by atoms with van der Waals surface area (Å²) in [7, 11) is 2.89. The number of fused-ring (bicyclic) bond motifs is 1. The Morgan fingerprint density at radius 3 is 2.53 bits per heavy atom. The molecular formula is C15H15NO3. The minimum atomic E-state index is -0.434. The van der Waals surface area contributed by atoms with E-state index < -0.39 is 5.97 Å². The summed E-state index contributed by atoms with van der Waals surface area (Å²) < 4.78 is 4.56. The molecule has 0 heterocycles.